The fraction of sp³-hybridized carbons (Fsp3) is 0.600. The van der Waals surface area contributed by atoms with E-state index in [4.69, 9.17) is 9.47 Å². The van der Waals surface area contributed by atoms with Crippen LogP contribution in [-0.4, -0.2) is 77.6 Å². The fourth-order valence-corrected chi connectivity index (χ4v) is 4.41. The molecule has 4 aliphatic rings. The SMILES string of the molecule is O=C1CN(C2CC2)C(=O)N1[C@H]1CCCN(C[C@H]2COc3ccccc3O2)C1. The number of rotatable bonds is 4. The molecule has 0 unspecified atom stereocenters. The maximum atomic E-state index is 12.7. The van der Waals surface area contributed by atoms with Gasteiger partial charge in [0.2, 0.25) is 0 Å². The molecule has 0 N–H and O–H groups in total. The van der Waals surface area contributed by atoms with E-state index in [-0.39, 0.29) is 30.6 Å². The highest BCUT2D eigenvalue weighted by molar-refractivity contribution is 6.02. The number of amides is 3. The number of fused-ring (bicyclic) bond motifs is 1. The predicted molar refractivity (Wildman–Crippen MR) is 97.8 cm³/mol. The van der Waals surface area contributed by atoms with E-state index < -0.39 is 0 Å². The van der Waals surface area contributed by atoms with E-state index >= 15 is 0 Å². The van der Waals surface area contributed by atoms with Gasteiger partial charge in [-0.15, -0.1) is 0 Å². The molecule has 1 aromatic rings. The molecule has 0 aromatic heterocycles. The lowest BCUT2D eigenvalue weighted by Crippen LogP contribution is -2.53. The Kier molecular flexibility index (Phi) is 4.19. The van der Waals surface area contributed by atoms with Crippen molar-refractivity contribution < 1.29 is 19.1 Å². The number of para-hydroxylation sites is 2. The van der Waals surface area contributed by atoms with Crippen LogP contribution in [0.2, 0.25) is 0 Å². The molecule has 0 spiro atoms. The summed E-state index contributed by atoms with van der Waals surface area (Å²) in [6, 6.07) is 7.90. The smallest absolute Gasteiger partial charge is 0.327 e. The Hall–Kier alpha value is -2.28. The molecule has 0 bridgehead atoms. The highest BCUT2D eigenvalue weighted by atomic mass is 16.6. The molecule has 3 aliphatic heterocycles. The van der Waals surface area contributed by atoms with Crippen molar-refractivity contribution in [1.29, 1.82) is 0 Å². The average molecular weight is 371 g/mol. The van der Waals surface area contributed by atoms with Crippen LogP contribution >= 0.6 is 0 Å². The Labute approximate surface area is 158 Å². The van der Waals surface area contributed by atoms with Gasteiger partial charge in [0.15, 0.2) is 11.5 Å². The van der Waals surface area contributed by atoms with Crippen LogP contribution in [0, 0.1) is 0 Å². The van der Waals surface area contributed by atoms with Gasteiger partial charge < -0.3 is 14.4 Å². The van der Waals surface area contributed by atoms with Gasteiger partial charge in [0.1, 0.15) is 19.3 Å². The quantitative estimate of drug-likeness (QED) is 0.754. The number of hydrogen-bond donors (Lipinski definition) is 0. The molecule has 2 atom stereocenters. The van der Waals surface area contributed by atoms with Gasteiger partial charge in [-0.05, 0) is 44.4 Å². The number of imide groups is 1. The third-order valence-electron chi connectivity index (χ3n) is 5.89. The van der Waals surface area contributed by atoms with Gasteiger partial charge in [0.25, 0.3) is 5.91 Å². The van der Waals surface area contributed by atoms with Crippen LogP contribution in [0.25, 0.3) is 0 Å². The van der Waals surface area contributed by atoms with Crippen molar-refractivity contribution in [1.82, 2.24) is 14.7 Å². The van der Waals surface area contributed by atoms with Crippen molar-refractivity contribution in [3.8, 4) is 11.5 Å². The average Bonchev–Trinajstić information content (AvgIpc) is 3.47. The normalized spacial score (nSPS) is 28.7. The molecule has 2 saturated heterocycles. The molecule has 1 aliphatic carbocycles. The number of benzene rings is 1. The van der Waals surface area contributed by atoms with E-state index in [2.05, 4.69) is 4.90 Å². The Morgan fingerprint density at radius 2 is 1.85 bits per heavy atom. The lowest BCUT2D eigenvalue weighted by atomic mass is 10.0. The topological polar surface area (TPSA) is 62.3 Å². The first-order chi connectivity index (χ1) is 13.2. The summed E-state index contributed by atoms with van der Waals surface area (Å²) in [5.74, 6) is 1.54. The molecule has 1 saturated carbocycles. The van der Waals surface area contributed by atoms with E-state index in [1.54, 1.807) is 4.90 Å². The van der Waals surface area contributed by atoms with Crippen LogP contribution in [0.1, 0.15) is 25.7 Å². The van der Waals surface area contributed by atoms with E-state index in [0.29, 0.717) is 12.6 Å². The molecule has 0 radical (unpaired) electrons. The summed E-state index contributed by atoms with van der Waals surface area (Å²) in [7, 11) is 0. The first-order valence-corrected chi connectivity index (χ1v) is 9.92. The second-order valence-corrected chi connectivity index (χ2v) is 7.96. The van der Waals surface area contributed by atoms with E-state index in [9.17, 15) is 9.59 Å². The molecule has 144 valence electrons. The molecule has 3 amide bonds. The molecule has 27 heavy (non-hydrogen) atoms. The first-order valence-electron chi connectivity index (χ1n) is 9.92. The van der Waals surface area contributed by atoms with Crippen molar-refractivity contribution in [2.45, 2.75) is 43.9 Å². The maximum absolute atomic E-state index is 12.7. The van der Waals surface area contributed by atoms with Crippen molar-refractivity contribution in [3.05, 3.63) is 24.3 Å². The number of likely N-dealkylation sites (tertiary alicyclic amines) is 1. The lowest BCUT2D eigenvalue weighted by molar-refractivity contribution is -0.127. The van der Waals surface area contributed by atoms with Crippen molar-refractivity contribution in [3.63, 3.8) is 0 Å². The van der Waals surface area contributed by atoms with Crippen LogP contribution in [0.15, 0.2) is 24.3 Å². The van der Waals surface area contributed by atoms with Gasteiger partial charge in [0, 0.05) is 19.1 Å². The Balaban J connectivity index is 1.21. The number of carbonyl (C=O) groups excluding carboxylic acids is 2. The van der Waals surface area contributed by atoms with Gasteiger partial charge in [-0.25, -0.2) is 4.79 Å². The lowest BCUT2D eigenvalue weighted by Gasteiger charge is -2.38. The number of carbonyl (C=O) groups is 2. The third-order valence-corrected chi connectivity index (χ3v) is 5.89. The molecule has 7 nitrogen and oxygen atoms in total. The molecule has 1 aromatic carbocycles. The van der Waals surface area contributed by atoms with Crippen LogP contribution in [0.4, 0.5) is 4.79 Å². The summed E-state index contributed by atoms with van der Waals surface area (Å²) < 4.78 is 11.9. The van der Waals surface area contributed by atoms with Crippen molar-refractivity contribution in [2.24, 2.45) is 0 Å². The number of urea groups is 1. The van der Waals surface area contributed by atoms with Crippen LogP contribution in [-0.2, 0) is 4.79 Å². The Morgan fingerprint density at radius 1 is 1.04 bits per heavy atom. The van der Waals surface area contributed by atoms with Crippen molar-refractivity contribution >= 4 is 11.9 Å². The summed E-state index contributed by atoms with van der Waals surface area (Å²) in [4.78, 5) is 30.7. The monoisotopic (exact) mass is 371 g/mol. The first kappa shape index (κ1) is 16.9. The number of piperidine rings is 1. The zero-order valence-electron chi connectivity index (χ0n) is 15.4. The molecule has 5 rings (SSSR count). The van der Waals surface area contributed by atoms with Gasteiger partial charge in [-0.1, -0.05) is 12.1 Å². The van der Waals surface area contributed by atoms with Crippen molar-refractivity contribution in [2.75, 3.05) is 32.8 Å². The molecule has 3 fully saturated rings. The Morgan fingerprint density at radius 3 is 2.67 bits per heavy atom. The van der Waals surface area contributed by atoms with E-state index in [1.807, 2.05) is 24.3 Å². The van der Waals surface area contributed by atoms with Crippen LogP contribution < -0.4 is 9.47 Å². The maximum Gasteiger partial charge on any atom is 0.327 e. The minimum atomic E-state index is -0.0828. The van der Waals surface area contributed by atoms with Gasteiger partial charge in [-0.3, -0.25) is 14.6 Å². The number of nitrogens with zero attached hydrogens (tertiary/aromatic N) is 3. The standard InChI is InChI=1S/C20H25N3O4/c24-19-12-22(14-7-8-14)20(25)23(19)15-4-3-9-21(10-15)11-16-13-26-17-5-1-2-6-18(17)27-16/h1-2,5-6,14-16H,3-4,7-13H2/t15-,16-/m0/s1. The van der Waals surface area contributed by atoms with Gasteiger partial charge in [-0.2, -0.15) is 0 Å². The molecular weight excluding hydrogens is 346 g/mol. The highest BCUT2D eigenvalue weighted by Gasteiger charge is 2.47. The highest BCUT2D eigenvalue weighted by Crippen LogP contribution is 2.33. The van der Waals surface area contributed by atoms with Gasteiger partial charge >= 0.3 is 6.03 Å². The zero-order chi connectivity index (χ0) is 18.4. The summed E-state index contributed by atoms with van der Waals surface area (Å²) in [5.41, 5.74) is 0. The minimum absolute atomic E-state index is 0.0284. The summed E-state index contributed by atoms with van der Waals surface area (Å²) >= 11 is 0. The predicted octanol–water partition coefficient (Wildman–Crippen LogP) is 1.72. The number of hydrogen-bond acceptors (Lipinski definition) is 5. The molecule has 7 heteroatoms. The molecule has 3 heterocycles. The van der Waals surface area contributed by atoms with E-state index in [0.717, 1.165) is 56.8 Å². The summed E-state index contributed by atoms with van der Waals surface area (Å²) in [5, 5.41) is 0. The Bertz CT molecular complexity index is 750. The second kappa shape index (κ2) is 6.71. The van der Waals surface area contributed by atoms with Crippen LogP contribution in [0.3, 0.4) is 0 Å². The minimum Gasteiger partial charge on any atom is -0.486 e. The summed E-state index contributed by atoms with van der Waals surface area (Å²) in [6.07, 6.45) is 3.90. The zero-order valence-corrected chi connectivity index (χ0v) is 15.4. The summed E-state index contributed by atoms with van der Waals surface area (Å²) in [6.45, 7) is 3.21. The third kappa shape index (κ3) is 3.25. The van der Waals surface area contributed by atoms with Gasteiger partial charge in [0.05, 0.1) is 6.04 Å². The fourth-order valence-electron chi connectivity index (χ4n) is 4.41. The second-order valence-electron chi connectivity index (χ2n) is 7.96. The molecular formula is C20H25N3O4. The van der Waals surface area contributed by atoms with E-state index in [1.165, 1.54) is 4.90 Å². The largest absolute Gasteiger partial charge is 0.486 e. The van der Waals surface area contributed by atoms with Crippen LogP contribution in [0.5, 0.6) is 11.5 Å². The number of ether oxygens (including phenoxy) is 2.